The van der Waals surface area contributed by atoms with Crippen molar-refractivity contribution in [1.29, 1.82) is 0 Å². The molecule has 122 valence electrons. The second kappa shape index (κ2) is 5.85. The van der Waals surface area contributed by atoms with Gasteiger partial charge in [0.1, 0.15) is 5.01 Å². The monoisotopic (exact) mass is 339 g/mol. The van der Waals surface area contributed by atoms with Crippen LogP contribution in [-0.2, 0) is 6.67 Å². The van der Waals surface area contributed by atoms with Crippen molar-refractivity contribution in [2.24, 2.45) is 0 Å². The zero-order chi connectivity index (χ0) is 16.7. The predicted octanol–water partition coefficient (Wildman–Crippen LogP) is 2.76. The van der Waals surface area contributed by atoms with E-state index in [-0.39, 0.29) is 11.7 Å². The van der Waals surface area contributed by atoms with Crippen LogP contribution in [0, 0.1) is 0 Å². The lowest BCUT2D eigenvalue weighted by Crippen LogP contribution is -2.32. The number of rotatable bonds is 4. The highest BCUT2D eigenvalue weighted by atomic mass is 32.1. The lowest BCUT2D eigenvalue weighted by molar-refractivity contribution is 0.193. The molecule has 0 fully saturated rings. The number of para-hydroxylation sites is 1. The second-order valence-corrected chi connectivity index (χ2v) is 6.87. The quantitative estimate of drug-likeness (QED) is 0.574. The van der Waals surface area contributed by atoms with Crippen molar-refractivity contribution >= 4 is 27.2 Å². The summed E-state index contributed by atoms with van der Waals surface area (Å²) in [6.45, 7) is 2.51. The van der Waals surface area contributed by atoms with Gasteiger partial charge in [-0.3, -0.25) is 9.30 Å². The van der Waals surface area contributed by atoms with Gasteiger partial charge in [-0.1, -0.05) is 18.2 Å². The first kappa shape index (κ1) is 15.0. The number of hydrogen-bond donors (Lipinski definition) is 0. The van der Waals surface area contributed by atoms with Crippen LogP contribution in [0.25, 0.3) is 15.9 Å². The lowest BCUT2D eigenvalue weighted by atomic mass is 10.3. The smallest absolute Gasteiger partial charge is 0.278 e. The van der Waals surface area contributed by atoms with E-state index in [0.29, 0.717) is 12.3 Å². The van der Waals surface area contributed by atoms with E-state index < -0.39 is 0 Å². The Labute approximate surface area is 142 Å². The molecule has 7 heteroatoms. The van der Waals surface area contributed by atoms with Crippen LogP contribution in [0.3, 0.4) is 0 Å². The molecule has 0 radical (unpaired) electrons. The summed E-state index contributed by atoms with van der Waals surface area (Å²) in [5, 5.41) is 5.42. The molecular weight excluding hydrogens is 322 g/mol. The van der Waals surface area contributed by atoms with Gasteiger partial charge < -0.3 is 0 Å². The molecule has 0 N–H and O–H groups in total. The summed E-state index contributed by atoms with van der Waals surface area (Å²) in [7, 11) is 1.98. The molecule has 4 aromatic rings. The molecule has 1 atom stereocenters. The Kier molecular flexibility index (Phi) is 3.66. The molecule has 3 aromatic heterocycles. The highest BCUT2D eigenvalue weighted by molar-refractivity contribution is 7.18. The molecule has 1 aromatic carbocycles. The SMILES string of the molecule is CC(c1nc2ccccc2s1)N(C)Cn1nc2ccccn2c1=O. The normalized spacial score (nSPS) is 13.1. The van der Waals surface area contributed by atoms with E-state index in [9.17, 15) is 4.79 Å². The Morgan fingerprint density at radius 1 is 1.21 bits per heavy atom. The Bertz CT molecular complexity index is 1030. The summed E-state index contributed by atoms with van der Waals surface area (Å²) >= 11 is 1.69. The maximum atomic E-state index is 12.4. The third-order valence-corrected chi connectivity index (χ3v) is 5.38. The first-order valence-electron chi connectivity index (χ1n) is 7.73. The zero-order valence-corrected chi connectivity index (χ0v) is 14.3. The Morgan fingerprint density at radius 2 is 2.00 bits per heavy atom. The minimum Gasteiger partial charge on any atom is -0.278 e. The fraction of sp³-hybridized carbons (Fsp3) is 0.235. The molecule has 0 saturated carbocycles. The molecular formula is C17H17N5OS. The molecule has 0 aliphatic rings. The fourth-order valence-electron chi connectivity index (χ4n) is 2.65. The van der Waals surface area contributed by atoms with Crippen LogP contribution >= 0.6 is 11.3 Å². The number of thiazole rings is 1. The highest BCUT2D eigenvalue weighted by Gasteiger charge is 2.18. The Balaban J connectivity index is 1.61. The molecule has 0 saturated heterocycles. The summed E-state index contributed by atoms with van der Waals surface area (Å²) in [4.78, 5) is 19.2. The third kappa shape index (κ3) is 2.51. The largest absolute Gasteiger partial charge is 0.351 e. The summed E-state index contributed by atoms with van der Waals surface area (Å²) in [6, 6.07) is 13.7. The van der Waals surface area contributed by atoms with Gasteiger partial charge in [0.05, 0.1) is 22.9 Å². The van der Waals surface area contributed by atoms with Crippen molar-refractivity contribution in [2.45, 2.75) is 19.6 Å². The predicted molar refractivity (Wildman–Crippen MR) is 95.3 cm³/mol. The summed E-state index contributed by atoms with van der Waals surface area (Å²) in [5.41, 5.74) is 1.54. The molecule has 0 bridgehead atoms. The van der Waals surface area contributed by atoms with E-state index in [2.05, 4.69) is 23.0 Å². The van der Waals surface area contributed by atoms with Crippen LogP contribution in [0.1, 0.15) is 18.0 Å². The molecule has 0 amide bonds. The maximum absolute atomic E-state index is 12.4. The highest BCUT2D eigenvalue weighted by Crippen LogP contribution is 2.28. The van der Waals surface area contributed by atoms with Gasteiger partial charge >= 0.3 is 5.69 Å². The summed E-state index contributed by atoms with van der Waals surface area (Å²) < 4.78 is 4.22. The van der Waals surface area contributed by atoms with E-state index in [1.807, 2.05) is 43.4 Å². The number of aromatic nitrogens is 4. The average Bonchev–Trinajstić information content (AvgIpc) is 3.16. The van der Waals surface area contributed by atoms with Crippen LogP contribution in [0.2, 0.25) is 0 Å². The summed E-state index contributed by atoms with van der Waals surface area (Å²) in [5.74, 6) is 0. The van der Waals surface area contributed by atoms with Crippen LogP contribution in [0.15, 0.2) is 53.5 Å². The van der Waals surface area contributed by atoms with Crippen LogP contribution in [0.5, 0.6) is 0 Å². The topological polar surface area (TPSA) is 55.4 Å². The Morgan fingerprint density at radius 3 is 2.79 bits per heavy atom. The van der Waals surface area contributed by atoms with Gasteiger partial charge in [-0.25, -0.2) is 9.78 Å². The number of nitrogens with zero attached hydrogens (tertiary/aromatic N) is 5. The van der Waals surface area contributed by atoms with Gasteiger partial charge in [0.2, 0.25) is 0 Å². The molecule has 4 rings (SSSR count). The van der Waals surface area contributed by atoms with E-state index in [1.165, 1.54) is 9.38 Å². The fourth-order valence-corrected chi connectivity index (χ4v) is 3.74. The van der Waals surface area contributed by atoms with Gasteiger partial charge in [-0.2, -0.15) is 4.68 Å². The zero-order valence-electron chi connectivity index (χ0n) is 13.5. The lowest BCUT2D eigenvalue weighted by Gasteiger charge is -2.21. The van der Waals surface area contributed by atoms with Crippen molar-refractivity contribution in [3.63, 3.8) is 0 Å². The van der Waals surface area contributed by atoms with Crippen molar-refractivity contribution in [3.05, 3.63) is 64.2 Å². The van der Waals surface area contributed by atoms with Crippen molar-refractivity contribution in [3.8, 4) is 0 Å². The van der Waals surface area contributed by atoms with Crippen molar-refractivity contribution in [1.82, 2.24) is 24.1 Å². The van der Waals surface area contributed by atoms with E-state index in [1.54, 1.807) is 21.9 Å². The first-order valence-corrected chi connectivity index (χ1v) is 8.55. The average molecular weight is 339 g/mol. The Hall–Kier alpha value is -2.51. The van der Waals surface area contributed by atoms with Crippen molar-refractivity contribution < 1.29 is 0 Å². The third-order valence-electron chi connectivity index (χ3n) is 4.17. The minimum atomic E-state index is -0.131. The standard InChI is InChI=1S/C17H17N5OS/c1-12(16-18-13-7-3-4-8-14(13)24-16)20(2)11-22-17(23)21-10-6-5-9-15(21)19-22/h3-10,12H,11H2,1-2H3. The second-order valence-electron chi connectivity index (χ2n) is 5.81. The van der Waals surface area contributed by atoms with Gasteiger partial charge in [0.25, 0.3) is 0 Å². The minimum absolute atomic E-state index is 0.0964. The van der Waals surface area contributed by atoms with E-state index in [4.69, 9.17) is 4.98 Å². The summed E-state index contributed by atoms with van der Waals surface area (Å²) in [6.07, 6.45) is 1.73. The molecule has 1 unspecified atom stereocenters. The van der Waals surface area contributed by atoms with E-state index in [0.717, 1.165) is 10.5 Å². The van der Waals surface area contributed by atoms with Gasteiger partial charge in [0, 0.05) is 6.20 Å². The van der Waals surface area contributed by atoms with Crippen LogP contribution in [-0.4, -0.2) is 31.1 Å². The molecule has 0 spiro atoms. The molecule has 24 heavy (non-hydrogen) atoms. The molecule has 6 nitrogen and oxygen atoms in total. The van der Waals surface area contributed by atoms with Gasteiger partial charge in [-0.15, -0.1) is 16.4 Å². The molecule has 0 aliphatic carbocycles. The van der Waals surface area contributed by atoms with E-state index >= 15 is 0 Å². The number of fused-ring (bicyclic) bond motifs is 2. The van der Waals surface area contributed by atoms with Gasteiger partial charge in [0.15, 0.2) is 5.65 Å². The number of pyridine rings is 1. The number of benzene rings is 1. The maximum Gasteiger partial charge on any atom is 0.351 e. The molecule has 3 heterocycles. The van der Waals surface area contributed by atoms with Crippen LogP contribution in [0.4, 0.5) is 0 Å². The molecule has 0 aliphatic heterocycles. The van der Waals surface area contributed by atoms with Crippen LogP contribution < -0.4 is 5.69 Å². The number of hydrogen-bond acceptors (Lipinski definition) is 5. The van der Waals surface area contributed by atoms with Gasteiger partial charge in [-0.05, 0) is 38.2 Å². The van der Waals surface area contributed by atoms with Crippen molar-refractivity contribution in [2.75, 3.05) is 7.05 Å². The first-order chi connectivity index (χ1) is 11.6.